The van der Waals surface area contributed by atoms with E-state index in [0.29, 0.717) is 17.4 Å². The highest BCUT2D eigenvalue weighted by Gasteiger charge is 2.16. The highest BCUT2D eigenvalue weighted by molar-refractivity contribution is 7.91. The molecule has 0 aliphatic rings. The summed E-state index contributed by atoms with van der Waals surface area (Å²) in [5, 5.41) is 0. The molecule has 0 heterocycles. The van der Waals surface area contributed by atoms with Crippen LogP contribution in [-0.2, 0) is 9.84 Å². The van der Waals surface area contributed by atoms with Gasteiger partial charge in [0.2, 0.25) is 0 Å². The summed E-state index contributed by atoms with van der Waals surface area (Å²) >= 11 is 0. The molecule has 0 radical (unpaired) electrons. The smallest absolute Gasteiger partial charge is 0.178 e. The Bertz CT molecular complexity index is 487. The molecule has 3 nitrogen and oxygen atoms in total. The average molecular weight is 226 g/mol. The molecule has 0 aromatic heterocycles. The third kappa shape index (κ3) is 2.26. The molecular formula is C11H14O3S. The molecule has 0 saturated carbocycles. The summed E-state index contributed by atoms with van der Waals surface area (Å²) < 4.78 is 23.4. The minimum absolute atomic E-state index is 0.0508. The predicted molar refractivity (Wildman–Crippen MR) is 59.0 cm³/mol. The summed E-state index contributed by atoms with van der Waals surface area (Å²) in [5.41, 5.74) is 1.94. The van der Waals surface area contributed by atoms with Gasteiger partial charge in [-0.15, -0.1) is 0 Å². The number of hydrogen-bond donors (Lipinski definition) is 0. The van der Waals surface area contributed by atoms with Gasteiger partial charge in [0.1, 0.15) is 6.29 Å². The number of sulfone groups is 1. The number of hydrogen-bond acceptors (Lipinski definition) is 3. The van der Waals surface area contributed by atoms with E-state index in [1.807, 2.05) is 0 Å². The van der Waals surface area contributed by atoms with Gasteiger partial charge in [-0.3, -0.25) is 4.79 Å². The minimum Gasteiger partial charge on any atom is -0.298 e. The molecular weight excluding hydrogens is 212 g/mol. The highest BCUT2D eigenvalue weighted by Crippen LogP contribution is 2.20. The summed E-state index contributed by atoms with van der Waals surface area (Å²) in [5.74, 6) is 0.0508. The van der Waals surface area contributed by atoms with Gasteiger partial charge in [0.25, 0.3) is 0 Å². The lowest BCUT2D eigenvalue weighted by atomic mass is 10.1. The molecule has 0 amide bonds. The van der Waals surface area contributed by atoms with Crippen LogP contribution in [0.2, 0.25) is 0 Å². The summed E-state index contributed by atoms with van der Waals surface area (Å²) in [6.07, 6.45) is 0.684. The van der Waals surface area contributed by atoms with Crippen molar-refractivity contribution in [3.63, 3.8) is 0 Å². The van der Waals surface area contributed by atoms with E-state index in [1.54, 1.807) is 26.8 Å². The molecule has 15 heavy (non-hydrogen) atoms. The van der Waals surface area contributed by atoms with Crippen molar-refractivity contribution >= 4 is 16.1 Å². The van der Waals surface area contributed by atoms with Crippen LogP contribution in [0.4, 0.5) is 0 Å². The third-order valence-electron chi connectivity index (χ3n) is 2.41. The Kier molecular flexibility index (Phi) is 3.29. The summed E-state index contributed by atoms with van der Waals surface area (Å²) in [6.45, 7) is 5.12. The first-order valence-electron chi connectivity index (χ1n) is 4.71. The fourth-order valence-corrected chi connectivity index (χ4v) is 2.63. The van der Waals surface area contributed by atoms with Crippen molar-refractivity contribution in [2.24, 2.45) is 0 Å². The molecule has 0 bridgehead atoms. The van der Waals surface area contributed by atoms with Crippen LogP contribution in [0.25, 0.3) is 0 Å². The number of carbonyl (C=O) groups is 1. The molecule has 1 aromatic rings. The van der Waals surface area contributed by atoms with Crippen LogP contribution >= 0.6 is 0 Å². The average Bonchev–Trinajstić information content (AvgIpc) is 2.17. The summed E-state index contributed by atoms with van der Waals surface area (Å²) in [6, 6.07) is 3.18. The normalized spacial score (nSPS) is 11.4. The van der Waals surface area contributed by atoms with Crippen molar-refractivity contribution in [3.05, 3.63) is 28.8 Å². The Morgan fingerprint density at radius 2 is 1.80 bits per heavy atom. The molecule has 0 N–H and O–H groups in total. The fraction of sp³-hybridized carbons (Fsp3) is 0.364. The Labute approximate surface area is 90.0 Å². The van der Waals surface area contributed by atoms with Crippen LogP contribution in [0.5, 0.6) is 0 Å². The van der Waals surface area contributed by atoms with E-state index in [4.69, 9.17) is 0 Å². The minimum atomic E-state index is -3.24. The Morgan fingerprint density at radius 1 is 1.20 bits per heavy atom. The van der Waals surface area contributed by atoms with E-state index < -0.39 is 9.84 Å². The number of rotatable bonds is 3. The van der Waals surface area contributed by atoms with E-state index in [2.05, 4.69) is 0 Å². The zero-order chi connectivity index (χ0) is 11.6. The standard InChI is InChI=1S/C11H14O3S/c1-4-15(13,14)11-6-10(7-12)8(2)5-9(11)3/h5-7H,4H2,1-3H3. The summed E-state index contributed by atoms with van der Waals surface area (Å²) in [7, 11) is -3.24. The van der Waals surface area contributed by atoms with Gasteiger partial charge in [-0.05, 0) is 31.0 Å². The van der Waals surface area contributed by atoms with Crippen molar-refractivity contribution in [1.82, 2.24) is 0 Å². The van der Waals surface area contributed by atoms with Crippen LogP contribution in [-0.4, -0.2) is 20.5 Å². The maximum atomic E-state index is 11.7. The first-order chi connectivity index (χ1) is 6.92. The van der Waals surface area contributed by atoms with Gasteiger partial charge in [-0.2, -0.15) is 0 Å². The van der Waals surface area contributed by atoms with Crippen LogP contribution in [0, 0.1) is 13.8 Å². The molecule has 0 aliphatic carbocycles. The van der Waals surface area contributed by atoms with E-state index in [1.165, 1.54) is 6.07 Å². The number of benzene rings is 1. The molecule has 0 fully saturated rings. The molecule has 1 aromatic carbocycles. The second-order valence-corrected chi connectivity index (χ2v) is 5.74. The van der Waals surface area contributed by atoms with Crippen molar-refractivity contribution < 1.29 is 13.2 Å². The first kappa shape index (κ1) is 11.9. The van der Waals surface area contributed by atoms with Crippen LogP contribution < -0.4 is 0 Å². The van der Waals surface area contributed by atoms with Gasteiger partial charge in [0, 0.05) is 5.56 Å². The third-order valence-corrected chi connectivity index (χ3v) is 4.28. The predicted octanol–water partition coefficient (Wildman–Crippen LogP) is 1.91. The van der Waals surface area contributed by atoms with E-state index in [0.717, 1.165) is 5.56 Å². The van der Waals surface area contributed by atoms with Crippen molar-refractivity contribution in [2.45, 2.75) is 25.7 Å². The topological polar surface area (TPSA) is 51.2 Å². The van der Waals surface area contributed by atoms with Crippen molar-refractivity contribution in [2.75, 3.05) is 5.75 Å². The van der Waals surface area contributed by atoms with Gasteiger partial charge in [0.15, 0.2) is 9.84 Å². The zero-order valence-electron chi connectivity index (χ0n) is 9.07. The summed E-state index contributed by atoms with van der Waals surface area (Å²) in [4.78, 5) is 11.0. The fourth-order valence-electron chi connectivity index (χ4n) is 1.47. The number of carbonyl (C=O) groups excluding carboxylic acids is 1. The van der Waals surface area contributed by atoms with Crippen LogP contribution in [0.3, 0.4) is 0 Å². The Balaban J connectivity index is 3.51. The lowest BCUT2D eigenvalue weighted by Gasteiger charge is -2.08. The van der Waals surface area contributed by atoms with Gasteiger partial charge in [0.05, 0.1) is 10.6 Å². The Morgan fingerprint density at radius 3 is 2.27 bits per heavy atom. The molecule has 0 unspecified atom stereocenters. The van der Waals surface area contributed by atoms with E-state index in [-0.39, 0.29) is 10.6 Å². The Hall–Kier alpha value is -1.16. The van der Waals surface area contributed by atoms with Gasteiger partial charge in [-0.25, -0.2) is 8.42 Å². The molecule has 0 spiro atoms. The number of aryl methyl sites for hydroxylation is 2. The molecule has 0 atom stereocenters. The lowest BCUT2D eigenvalue weighted by molar-refractivity contribution is 0.112. The van der Waals surface area contributed by atoms with E-state index >= 15 is 0 Å². The van der Waals surface area contributed by atoms with Crippen LogP contribution in [0.15, 0.2) is 17.0 Å². The van der Waals surface area contributed by atoms with Gasteiger partial charge in [-0.1, -0.05) is 13.0 Å². The van der Waals surface area contributed by atoms with Crippen LogP contribution in [0.1, 0.15) is 28.4 Å². The molecule has 0 saturated heterocycles. The second-order valence-electron chi connectivity index (χ2n) is 3.50. The van der Waals surface area contributed by atoms with Crippen molar-refractivity contribution in [1.29, 1.82) is 0 Å². The lowest BCUT2D eigenvalue weighted by Crippen LogP contribution is -2.07. The second kappa shape index (κ2) is 4.14. The SMILES string of the molecule is CCS(=O)(=O)c1cc(C=O)c(C)cc1C. The van der Waals surface area contributed by atoms with Gasteiger partial charge < -0.3 is 0 Å². The van der Waals surface area contributed by atoms with E-state index in [9.17, 15) is 13.2 Å². The monoisotopic (exact) mass is 226 g/mol. The molecule has 1 rings (SSSR count). The number of aldehydes is 1. The molecule has 82 valence electrons. The maximum absolute atomic E-state index is 11.7. The zero-order valence-corrected chi connectivity index (χ0v) is 9.89. The quantitative estimate of drug-likeness (QED) is 0.740. The largest absolute Gasteiger partial charge is 0.298 e. The first-order valence-corrected chi connectivity index (χ1v) is 6.36. The highest BCUT2D eigenvalue weighted by atomic mass is 32.2. The molecule has 4 heteroatoms. The van der Waals surface area contributed by atoms with Crippen molar-refractivity contribution in [3.8, 4) is 0 Å². The van der Waals surface area contributed by atoms with Gasteiger partial charge >= 0.3 is 0 Å². The maximum Gasteiger partial charge on any atom is 0.178 e. The molecule has 0 aliphatic heterocycles.